The Kier molecular flexibility index (Phi) is 10.3. The first kappa shape index (κ1) is 36.4. The van der Waals surface area contributed by atoms with E-state index >= 15 is 0 Å². The topological polar surface area (TPSA) is 33.5 Å². The van der Waals surface area contributed by atoms with E-state index in [2.05, 4.69) is 146 Å². The van der Waals surface area contributed by atoms with Crippen molar-refractivity contribution >= 4 is 37.7 Å². The highest BCUT2D eigenvalue weighted by atomic mass is 28.3. The van der Waals surface area contributed by atoms with Crippen molar-refractivity contribution in [3.8, 4) is 22.5 Å². The molecule has 0 bridgehead atoms. The average molecular weight is 723 g/mol. The maximum absolute atomic E-state index is 4.36. The first-order valence-corrected chi connectivity index (χ1v) is 26.4. The smallest absolute Gasteiger partial charge is 0.221 e. The van der Waals surface area contributed by atoms with Crippen LogP contribution in [-0.2, 0) is 14.1 Å². The molecule has 0 atom stereocenters. The second kappa shape index (κ2) is 14.8. The Bertz CT molecular complexity index is 2060. The van der Waals surface area contributed by atoms with Gasteiger partial charge in [-0.2, -0.15) is 0 Å². The molecule has 2 saturated heterocycles. The minimum absolute atomic E-state index is 0.748. The first-order chi connectivity index (χ1) is 24.9. The summed E-state index contributed by atoms with van der Waals surface area (Å²) in [6, 6.07) is 29.0. The van der Waals surface area contributed by atoms with Crippen LogP contribution in [0.15, 0.2) is 97.8 Å². The molecule has 6 heteroatoms. The second-order valence-electron chi connectivity index (χ2n) is 17.5. The summed E-state index contributed by atoms with van der Waals surface area (Å²) < 4.78 is 4.46. The molecule has 0 unspecified atom stereocenters. The van der Waals surface area contributed by atoms with Crippen molar-refractivity contribution in [2.45, 2.75) is 102 Å². The summed E-state index contributed by atoms with van der Waals surface area (Å²) in [4.78, 5) is 8.63. The molecule has 0 saturated carbocycles. The zero-order valence-electron chi connectivity index (χ0n) is 32.8. The minimum atomic E-state index is -0.896. The molecule has 4 nitrogen and oxygen atoms in total. The maximum atomic E-state index is 4.36. The van der Waals surface area contributed by atoms with E-state index in [-0.39, 0.29) is 0 Å². The van der Waals surface area contributed by atoms with E-state index in [1.54, 1.807) is 0 Å². The van der Waals surface area contributed by atoms with Crippen LogP contribution in [0.5, 0.6) is 0 Å². The van der Waals surface area contributed by atoms with Crippen molar-refractivity contribution in [1.82, 2.24) is 9.97 Å². The summed E-state index contributed by atoms with van der Waals surface area (Å²) >= 11 is 0. The maximum Gasteiger partial charge on any atom is 0.221 e. The van der Waals surface area contributed by atoms with Gasteiger partial charge < -0.3 is 0 Å². The summed E-state index contributed by atoms with van der Waals surface area (Å²) in [6.07, 6.45) is 17.6. The van der Waals surface area contributed by atoms with Crippen LogP contribution in [0.25, 0.3) is 44.1 Å². The third-order valence-corrected chi connectivity index (χ3v) is 19.1. The van der Waals surface area contributed by atoms with Gasteiger partial charge in [0.15, 0.2) is 12.4 Å². The van der Waals surface area contributed by atoms with Crippen molar-refractivity contribution in [3.05, 3.63) is 120 Å². The van der Waals surface area contributed by atoms with Gasteiger partial charge in [-0.3, -0.25) is 9.97 Å². The van der Waals surface area contributed by atoms with Crippen LogP contribution in [0.2, 0.25) is 50.4 Å². The second-order valence-corrected chi connectivity index (χ2v) is 28.2. The van der Waals surface area contributed by atoms with Gasteiger partial charge in [-0.15, -0.1) is 0 Å². The Balaban J connectivity index is 0.000000162. The highest BCUT2D eigenvalue weighted by Gasteiger charge is 2.31. The lowest BCUT2D eigenvalue weighted by molar-refractivity contribution is -0.659. The number of nitrogens with zero attached hydrogens (tertiary/aromatic N) is 4. The SMILES string of the molecule is Cc1ccncc1-c1c2ccc(C3CC[Si](C)(C)CC3)cc2cc[n+]1C.Cc1cnccc1-c1c2ccc(C3CC[Si](C)(C)CC3)cc2cc[n+]1C. The molecular weight excluding hydrogens is 665 g/mol. The highest BCUT2D eigenvalue weighted by Crippen LogP contribution is 2.41. The van der Waals surface area contributed by atoms with Crippen LogP contribution in [0.4, 0.5) is 0 Å². The Labute approximate surface area is 314 Å². The van der Waals surface area contributed by atoms with Gasteiger partial charge in [0.1, 0.15) is 14.1 Å². The summed E-state index contributed by atoms with van der Waals surface area (Å²) in [5.41, 5.74) is 10.6. The molecule has 2 aromatic carbocycles. The van der Waals surface area contributed by atoms with Gasteiger partial charge in [-0.1, -0.05) is 74.6 Å². The largest absolute Gasteiger partial charge is 0.264 e. The molecule has 0 N–H and O–H groups in total. The molecule has 268 valence electrons. The summed E-state index contributed by atoms with van der Waals surface area (Å²) in [5, 5.41) is 5.36. The van der Waals surface area contributed by atoms with E-state index in [9.17, 15) is 0 Å². The molecule has 2 aliphatic heterocycles. The molecule has 6 heterocycles. The number of fused-ring (bicyclic) bond motifs is 2. The predicted molar refractivity (Wildman–Crippen MR) is 224 cm³/mol. The fourth-order valence-corrected chi connectivity index (χ4v) is 13.9. The third kappa shape index (κ3) is 7.70. The van der Waals surface area contributed by atoms with Crippen LogP contribution in [0.1, 0.15) is 59.8 Å². The van der Waals surface area contributed by atoms with E-state index in [1.807, 2.05) is 24.8 Å². The molecule has 8 rings (SSSR count). The van der Waals surface area contributed by atoms with Crippen LogP contribution >= 0.6 is 0 Å². The highest BCUT2D eigenvalue weighted by molar-refractivity contribution is 6.77. The first-order valence-electron chi connectivity index (χ1n) is 19.6. The summed E-state index contributed by atoms with van der Waals surface area (Å²) in [6.45, 7) is 14.5. The summed E-state index contributed by atoms with van der Waals surface area (Å²) in [7, 11) is 2.47. The van der Waals surface area contributed by atoms with E-state index < -0.39 is 16.1 Å². The number of aromatic nitrogens is 4. The zero-order chi connectivity index (χ0) is 36.6. The zero-order valence-corrected chi connectivity index (χ0v) is 34.8. The van der Waals surface area contributed by atoms with Crippen molar-refractivity contribution in [2.75, 3.05) is 0 Å². The van der Waals surface area contributed by atoms with E-state index in [0.717, 1.165) is 11.8 Å². The number of hydrogen-bond donors (Lipinski definition) is 0. The number of pyridine rings is 4. The van der Waals surface area contributed by atoms with Crippen molar-refractivity contribution in [3.63, 3.8) is 0 Å². The molecule has 2 aliphatic rings. The molecule has 0 spiro atoms. The Hall–Kier alpha value is -4.01. The Morgan fingerprint density at radius 2 is 1.00 bits per heavy atom. The molecular formula is C46H58N4Si2+2. The molecule has 4 aromatic heterocycles. The molecule has 0 radical (unpaired) electrons. The van der Waals surface area contributed by atoms with Crippen LogP contribution in [-0.4, -0.2) is 26.1 Å². The summed E-state index contributed by atoms with van der Waals surface area (Å²) in [5.74, 6) is 1.50. The molecule has 6 aromatic rings. The Morgan fingerprint density at radius 3 is 1.48 bits per heavy atom. The van der Waals surface area contributed by atoms with Crippen LogP contribution < -0.4 is 9.13 Å². The van der Waals surface area contributed by atoms with Gasteiger partial charge in [0, 0.05) is 53.1 Å². The lowest BCUT2D eigenvalue weighted by Crippen LogP contribution is -2.31. The fraction of sp³-hybridized carbons (Fsp3) is 0.391. The quantitative estimate of drug-likeness (QED) is 0.134. The monoisotopic (exact) mass is 722 g/mol. The predicted octanol–water partition coefficient (Wildman–Crippen LogP) is 11.2. The molecule has 52 heavy (non-hydrogen) atoms. The average Bonchev–Trinajstić information content (AvgIpc) is 3.12. The van der Waals surface area contributed by atoms with Gasteiger partial charge in [-0.25, -0.2) is 9.13 Å². The number of benzene rings is 2. The number of hydrogen-bond acceptors (Lipinski definition) is 2. The van der Waals surface area contributed by atoms with Crippen LogP contribution in [0.3, 0.4) is 0 Å². The van der Waals surface area contributed by atoms with Crippen LogP contribution in [0, 0.1) is 13.8 Å². The van der Waals surface area contributed by atoms with Crippen molar-refractivity contribution in [2.24, 2.45) is 14.1 Å². The van der Waals surface area contributed by atoms with Gasteiger partial charge in [0.2, 0.25) is 11.4 Å². The standard InChI is InChI=1S/2C23H29N2Si/c1-17-16-24-11-7-21(17)23-22-6-5-19(15-20(22)8-12-25(23)2)18-9-13-26(3,4)14-10-18;1-17-7-11-24-16-22(17)23-21-6-5-19(15-20(21)8-12-25(23)2)18-9-13-26(3,4)14-10-18/h2*5-8,11-12,15-16,18H,9-10,13-14H2,1-4H3/q2*+1. The lowest BCUT2D eigenvalue weighted by atomic mass is 9.91. The number of aryl methyl sites for hydroxylation is 4. The van der Waals surface area contributed by atoms with E-state index in [4.69, 9.17) is 0 Å². The lowest BCUT2D eigenvalue weighted by Gasteiger charge is -2.33. The Morgan fingerprint density at radius 1 is 0.538 bits per heavy atom. The van der Waals surface area contributed by atoms with Crippen molar-refractivity contribution in [1.29, 1.82) is 0 Å². The van der Waals surface area contributed by atoms with Gasteiger partial charge in [0.25, 0.3) is 0 Å². The van der Waals surface area contributed by atoms with Gasteiger partial charge in [0.05, 0.1) is 21.9 Å². The fourth-order valence-electron chi connectivity index (χ4n) is 8.88. The normalized spacial score (nSPS) is 17.5. The number of rotatable bonds is 4. The van der Waals surface area contributed by atoms with Crippen molar-refractivity contribution < 1.29 is 9.13 Å². The van der Waals surface area contributed by atoms with Gasteiger partial charge in [-0.05, 0) is 109 Å². The van der Waals surface area contributed by atoms with E-state index in [0.29, 0.717) is 0 Å². The van der Waals surface area contributed by atoms with E-state index in [1.165, 1.54) is 116 Å². The molecule has 2 fully saturated rings. The van der Waals surface area contributed by atoms with Gasteiger partial charge >= 0.3 is 0 Å². The minimum Gasteiger partial charge on any atom is -0.264 e. The molecule has 0 aliphatic carbocycles. The molecule has 0 amide bonds. The third-order valence-electron chi connectivity index (χ3n) is 12.5.